The van der Waals surface area contributed by atoms with Crippen molar-refractivity contribution in [1.82, 2.24) is 5.06 Å². The Balaban J connectivity index is 1.87. The molecule has 3 heteroatoms. The maximum atomic E-state index is 9.38. The molecule has 1 saturated carbocycles. The van der Waals surface area contributed by atoms with Crippen LogP contribution in [0.5, 0.6) is 0 Å². The highest BCUT2D eigenvalue weighted by Crippen LogP contribution is 2.33. The zero-order valence-electron chi connectivity index (χ0n) is 9.15. The van der Waals surface area contributed by atoms with Gasteiger partial charge in [-0.2, -0.15) is 5.06 Å². The van der Waals surface area contributed by atoms with Crippen molar-refractivity contribution in [3.05, 3.63) is 0 Å². The Morgan fingerprint density at radius 2 is 2.00 bits per heavy atom. The number of rotatable bonds is 1. The van der Waals surface area contributed by atoms with E-state index in [9.17, 15) is 5.11 Å². The minimum atomic E-state index is -0.273. The van der Waals surface area contributed by atoms with E-state index in [-0.39, 0.29) is 6.10 Å². The summed E-state index contributed by atoms with van der Waals surface area (Å²) in [6.07, 6.45) is 3.46. The summed E-state index contributed by atoms with van der Waals surface area (Å²) in [7, 11) is 0. The summed E-state index contributed by atoms with van der Waals surface area (Å²) in [6, 6.07) is 0.540. The minimum Gasteiger partial charge on any atom is -0.389 e. The van der Waals surface area contributed by atoms with Crippen molar-refractivity contribution in [3.8, 4) is 0 Å². The fourth-order valence-corrected chi connectivity index (χ4v) is 2.53. The third kappa shape index (κ3) is 2.10. The Morgan fingerprint density at radius 1 is 1.21 bits per heavy atom. The monoisotopic (exact) mass is 199 g/mol. The first-order valence-electron chi connectivity index (χ1n) is 5.74. The number of hydrogen-bond donors (Lipinski definition) is 1. The van der Waals surface area contributed by atoms with E-state index in [0.717, 1.165) is 11.8 Å². The Hall–Kier alpha value is -0.120. The quantitative estimate of drug-likeness (QED) is 0.693. The van der Waals surface area contributed by atoms with Crippen molar-refractivity contribution in [2.24, 2.45) is 11.8 Å². The number of β-amino-alcohol motifs (C(OH)–C–C–N with tert-alkyl or cyclic N) is 1. The Bertz CT molecular complexity index is 198. The van der Waals surface area contributed by atoms with Crippen molar-refractivity contribution < 1.29 is 9.94 Å². The van der Waals surface area contributed by atoms with Crippen LogP contribution in [0.1, 0.15) is 33.1 Å². The summed E-state index contributed by atoms with van der Waals surface area (Å²) in [6.45, 7) is 5.84. The zero-order chi connectivity index (χ0) is 10.1. The second-order valence-electron chi connectivity index (χ2n) is 4.97. The van der Waals surface area contributed by atoms with Gasteiger partial charge in [0.25, 0.3) is 0 Å². The van der Waals surface area contributed by atoms with Crippen molar-refractivity contribution in [2.45, 2.75) is 45.3 Å². The third-order valence-electron chi connectivity index (χ3n) is 3.80. The standard InChI is InChI=1S/C11H21NO2/c1-8-3-4-10(5-9(8)2)12-6-11(13)7-14-12/h8-11,13H,3-7H2,1-2H3/t8?,9?,10?,11-/m1/s1. The molecule has 0 amide bonds. The van der Waals surface area contributed by atoms with Gasteiger partial charge in [-0.1, -0.05) is 13.8 Å². The highest BCUT2D eigenvalue weighted by Gasteiger charge is 2.33. The molecular formula is C11H21NO2. The maximum absolute atomic E-state index is 9.38. The number of aliphatic hydroxyl groups is 1. The summed E-state index contributed by atoms with van der Waals surface area (Å²) >= 11 is 0. The van der Waals surface area contributed by atoms with Gasteiger partial charge in [0.1, 0.15) is 0 Å². The van der Waals surface area contributed by atoms with Crippen LogP contribution in [0, 0.1) is 11.8 Å². The molecular weight excluding hydrogens is 178 g/mol. The van der Waals surface area contributed by atoms with Gasteiger partial charge in [-0.15, -0.1) is 0 Å². The molecule has 0 aromatic carbocycles. The zero-order valence-corrected chi connectivity index (χ0v) is 9.15. The molecule has 1 saturated heterocycles. The SMILES string of the molecule is CC1CCC(N2C[C@@H](O)CO2)CC1C. The van der Waals surface area contributed by atoms with Crippen LogP contribution in [0.25, 0.3) is 0 Å². The number of hydroxylamine groups is 2. The molecule has 1 N–H and O–H groups in total. The highest BCUT2D eigenvalue weighted by molar-refractivity contribution is 4.81. The number of nitrogens with zero attached hydrogens (tertiary/aromatic N) is 1. The molecule has 2 fully saturated rings. The van der Waals surface area contributed by atoms with Crippen LogP contribution in [0.4, 0.5) is 0 Å². The average molecular weight is 199 g/mol. The number of aliphatic hydroxyl groups excluding tert-OH is 1. The van der Waals surface area contributed by atoms with Gasteiger partial charge in [0.15, 0.2) is 0 Å². The van der Waals surface area contributed by atoms with Crippen molar-refractivity contribution in [2.75, 3.05) is 13.2 Å². The first kappa shape index (κ1) is 10.4. The fourth-order valence-electron chi connectivity index (χ4n) is 2.53. The molecule has 0 radical (unpaired) electrons. The first-order valence-corrected chi connectivity index (χ1v) is 5.74. The van der Waals surface area contributed by atoms with Gasteiger partial charge in [-0.05, 0) is 31.1 Å². The molecule has 3 unspecified atom stereocenters. The van der Waals surface area contributed by atoms with E-state index in [1.165, 1.54) is 19.3 Å². The lowest BCUT2D eigenvalue weighted by Crippen LogP contribution is -2.38. The third-order valence-corrected chi connectivity index (χ3v) is 3.80. The number of hydrogen-bond acceptors (Lipinski definition) is 3. The first-order chi connectivity index (χ1) is 6.66. The van der Waals surface area contributed by atoms with Gasteiger partial charge in [0.2, 0.25) is 0 Å². The van der Waals surface area contributed by atoms with E-state index in [2.05, 4.69) is 13.8 Å². The topological polar surface area (TPSA) is 32.7 Å². The van der Waals surface area contributed by atoms with Crippen LogP contribution in [-0.2, 0) is 4.84 Å². The molecule has 0 bridgehead atoms. The van der Waals surface area contributed by atoms with E-state index >= 15 is 0 Å². The molecule has 2 rings (SSSR count). The Morgan fingerprint density at radius 3 is 2.57 bits per heavy atom. The van der Waals surface area contributed by atoms with Crippen molar-refractivity contribution in [1.29, 1.82) is 0 Å². The smallest absolute Gasteiger partial charge is 0.0958 e. The summed E-state index contributed by atoms with van der Waals surface area (Å²) < 4.78 is 0. The minimum absolute atomic E-state index is 0.273. The van der Waals surface area contributed by atoms with E-state index in [0.29, 0.717) is 19.2 Å². The van der Waals surface area contributed by atoms with Gasteiger partial charge < -0.3 is 5.11 Å². The molecule has 14 heavy (non-hydrogen) atoms. The van der Waals surface area contributed by atoms with Gasteiger partial charge >= 0.3 is 0 Å². The molecule has 0 aromatic heterocycles. The van der Waals surface area contributed by atoms with Gasteiger partial charge in [0, 0.05) is 6.04 Å². The molecule has 1 aliphatic heterocycles. The van der Waals surface area contributed by atoms with Gasteiger partial charge in [-0.3, -0.25) is 4.84 Å². The van der Waals surface area contributed by atoms with Crippen LogP contribution in [-0.4, -0.2) is 35.5 Å². The Labute approximate surface area is 86.0 Å². The van der Waals surface area contributed by atoms with Crippen molar-refractivity contribution >= 4 is 0 Å². The lowest BCUT2D eigenvalue weighted by atomic mass is 9.79. The summed E-state index contributed by atoms with van der Waals surface area (Å²) in [5.74, 6) is 1.63. The molecule has 1 aliphatic carbocycles. The second kappa shape index (κ2) is 4.17. The van der Waals surface area contributed by atoms with Crippen LogP contribution in [0.15, 0.2) is 0 Å². The highest BCUT2D eigenvalue weighted by atomic mass is 16.7. The molecule has 1 heterocycles. The molecule has 0 spiro atoms. The summed E-state index contributed by atoms with van der Waals surface area (Å²) in [5.41, 5.74) is 0. The van der Waals surface area contributed by atoms with E-state index < -0.39 is 0 Å². The molecule has 4 atom stereocenters. The van der Waals surface area contributed by atoms with E-state index in [4.69, 9.17) is 4.84 Å². The van der Waals surface area contributed by atoms with Gasteiger partial charge in [-0.25, -0.2) is 0 Å². The van der Waals surface area contributed by atoms with Crippen LogP contribution in [0.3, 0.4) is 0 Å². The Kier molecular flexibility index (Phi) is 3.10. The largest absolute Gasteiger partial charge is 0.389 e. The average Bonchev–Trinajstić information content (AvgIpc) is 2.57. The maximum Gasteiger partial charge on any atom is 0.0958 e. The second-order valence-corrected chi connectivity index (χ2v) is 4.97. The van der Waals surface area contributed by atoms with Crippen LogP contribution >= 0.6 is 0 Å². The van der Waals surface area contributed by atoms with Gasteiger partial charge in [0.05, 0.1) is 19.3 Å². The molecule has 0 aromatic rings. The summed E-state index contributed by atoms with van der Waals surface area (Å²) in [4.78, 5) is 5.47. The fraction of sp³-hybridized carbons (Fsp3) is 1.00. The predicted octanol–water partition coefficient (Wildman–Crippen LogP) is 1.42. The molecule has 82 valence electrons. The molecule has 2 aliphatic rings. The van der Waals surface area contributed by atoms with E-state index in [1.807, 2.05) is 5.06 Å². The normalized spacial score (nSPS) is 45.6. The van der Waals surface area contributed by atoms with Crippen molar-refractivity contribution in [3.63, 3.8) is 0 Å². The molecule has 3 nitrogen and oxygen atoms in total. The predicted molar refractivity (Wildman–Crippen MR) is 54.6 cm³/mol. The van der Waals surface area contributed by atoms with E-state index in [1.54, 1.807) is 0 Å². The lowest BCUT2D eigenvalue weighted by Gasteiger charge is -2.36. The van der Waals surface area contributed by atoms with Crippen LogP contribution < -0.4 is 0 Å². The van der Waals surface area contributed by atoms with Crippen LogP contribution in [0.2, 0.25) is 0 Å². The lowest BCUT2D eigenvalue weighted by molar-refractivity contribution is -0.154. The summed E-state index contributed by atoms with van der Waals surface area (Å²) in [5, 5.41) is 11.4.